The summed E-state index contributed by atoms with van der Waals surface area (Å²) in [5.74, 6) is 1.87. The van der Waals surface area contributed by atoms with Gasteiger partial charge in [0.25, 0.3) is 5.91 Å². The number of benzene rings is 1. The second-order valence-electron chi connectivity index (χ2n) is 7.61. The van der Waals surface area contributed by atoms with Crippen molar-refractivity contribution in [3.05, 3.63) is 66.1 Å². The molecular weight excluding hydrogens is 450 g/mol. The van der Waals surface area contributed by atoms with E-state index >= 15 is 0 Å². The molecule has 1 N–H and O–H groups in total. The van der Waals surface area contributed by atoms with Gasteiger partial charge in [0.15, 0.2) is 23.0 Å². The van der Waals surface area contributed by atoms with Crippen molar-refractivity contribution in [3.8, 4) is 28.8 Å². The van der Waals surface area contributed by atoms with E-state index in [4.69, 9.17) is 14.2 Å². The summed E-state index contributed by atoms with van der Waals surface area (Å²) in [6.45, 7) is 2.34. The molecule has 5 rings (SSSR count). The maximum Gasteiger partial charge on any atom is 0.270 e. The highest BCUT2D eigenvalue weighted by molar-refractivity contribution is 5.94. The number of methoxy groups -OCH3 is 2. The Kier molecular flexibility index (Phi) is 5.88. The van der Waals surface area contributed by atoms with Crippen LogP contribution in [-0.2, 0) is 0 Å². The molecular formula is C24H23N7O4. The van der Waals surface area contributed by atoms with E-state index in [1.54, 1.807) is 41.3 Å². The maximum absolute atomic E-state index is 12.7. The summed E-state index contributed by atoms with van der Waals surface area (Å²) in [4.78, 5) is 17.1. The van der Waals surface area contributed by atoms with Crippen molar-refractivity contribution in [2.45, 2.75) is 6.92 Å². The maximum atomic E-state index is 12.7. The molecule has 0 saturated heterocycles. The molecule has 0 fully saturated rings. The van der Waals surface area contributed by atoms with Gasteiger partial charge < -0.3 is 19.5 Å². The zero-order chi connectivity index (χ0) is 24.4. The smallest absolute Gasteiger partial charge is 0.270 e. The average molecular weight is 473 g/mol. The van der Waals surface area contributed by atoms with Crippen molar-refractivity contribution in [2.24, 2.45) is 0 Å². The standard InChI is InChI=1S/C24H23N7O4/c1-15-22(30-12-5-4-6-19(30)26-15)24(32)25-11-13-35-21-10-9-20-27-28-23(31(20)29-21)16-7-8-17(33-2)18(14-16)34-3/h4-10,12,14H,11,13H2,1-3H3,(H,25,32). The second-order valence-corrected chi connectivity index (χ2v) is 7.61. The van der Waals surface area contributed by atoms with Crippen molar-refractivity contribution in [2.75, 3.05) is 27.4 Å². The van der Waals surface area contributed by atoms with Crippen LogP contribution in [0.4, 0.5) is 0 Å². The molecule has 1 amide bonds. The number of aromatic nitrogens is 6. The normalized spacial score (nSPS) is 11.1. The highest BCUT2D eigenvalue weighted by atomic mass is 16.5. The van der Waals surface area contributed by atoms with Gasteiger partial charge in [0.05, 0.1) is 26.5 Å². The number of hydrogen-bond acceptors (Lipinski definition) is 8. The summed E-state index contributed by atoms with van der Waals surface area (Å²) in [5, 5.41) is 15.8. The lowest BCUT2D eigenvalue weighted by molar-refractivity contribution is 0.0940. The first-order valence-electron chi connectivity index (χ1n) is 10.9. The molecule has 4 aromatic heterocycles. The first-order chi connectivity index (χ1) is 17.1. The Labute approximate surface area is 200 Å². The van der Waals surface area contributed by atoms with Crippen LogP contribution in [0.3, 0.4) is 0 Å². The summed E-state index contributed by atoms with van der Waals surface area (Å²) >= 11 is 0. The molecule has 1 aromatic carbocycles. The minimum absolute atomic E-state index is 0.220. The third kappa shape index (κ3) is 4.19. The largest absolute Gasteiger partial charge is 0.493 e. The number of rotatable bonds is 8. The highest BCUT2D eigenvalue weighted by Gasteiger charge is 2.16. The number of hydrogen-bond donors (Lipinski definition) is 1. The minimum atomic E-state index is -0.220. The Balaban J connectivity index is 1.27. The zero-order valence-corrected chi connectivity index (χ0v) is 19.4. The van der Waals surface area contributed by atoms with E-state index in [1.165, 1.54) is 0 Å². The number of ether oxygens (including phenoxy) is 3. The third-order valence-corrected chi connectivity index (χ3v) is 5.44. The predicted octanol–water partition coefficient (Wildman–Crippen LogP) is 2.57. The van der Waals surface area contributed by atoms with Gasteiger partial charge in [0.1, 0.15) is 17.9 Å². The van der Waals surface area contributed by atoms with E-state index in [9.17, 15) is 4.79 Å². The molecule has 0 unspecified atom stereocenters. The van der Waals surface area contributed by atoms with E-state index in [1.807, 2.05) is 43.5 Å². The van der Waals surface area contributed by atoms with Crippen LogP contribution in [0.1, 0.15) is 16.2 Å². The van der Waals surface area contributed by atoms with Crippen molar-refractivity contribution >= 4 is 17.2 Å². The Morgan fingerprint density at radius 2 is 1.86 bits per heavy atom. The van der Waals surface area contributed by atoms with Crippen molar-refractivity contribution in [1.82, 2.24) is 34.5 Å². The molecule has 0 aliphatic heterocycles. The highest BCUT2D eigenvalue weighted by Crippen LogP contribution is 2.31. The molecule has 0 bridgehead atoms. The number of carbonyl (C=O) groups is 1. The van der Waals surface area contributed by atoms with Gasteiger partial charge in [-0.2, -0.15) is 4.52 Å². The second kappa shape index (κ2) is 9.29. The molecule has 5 aromatic rings. The third-order valence-electron chi connectivity index (χ3n) is 5.44. The Hall–Kier alpha value is -4.67. The van der Waals surface area contributed by atoms with Gasteiger partial charge in [0, 0.05) is 17.8 Å². The number of aryl methyl sites for hydroxylation is 1. The molecule has 0 aliphatic carbocycles. The molecule has 4 heterocycles. The van der Waals surface area contributed by atoms with Crippen molar-refractivity contribution in [3.63, 3.8) is 0 Å². The number of pyridine rings is 1. The summed E-state index contributed by atoms with van der Waals surface area (Å²) in [7, 11) is 3.15. The summed E-state index contributed by atoms with van der Waals surface area (Å²) in [6.07, 6.45) is 1.81. The lowest BCUT2D eigenvalue weighted by atomic mass is 10.2. The van der Waals surface area contributed by atoms with E-state index in [2.05, 4.69) is 25.6 Å². The Bertz CT molecular complexity index is 1530. The molecule has 0 radical (unpaired) electrons. The SMILES string of the molecule is COc1ccc(-c2nnc3ccc(OCCNC(=O)c4c(C)nc5ccccn45)nn23)cc1OC. The van der Waals surface area contributed by atoms with Crippen molar-refractivity contribution < 1.29 is 19.0 Å². The van der Waals surface area contributed by atoms with Crippen LogP contribution in [0.2, 0.25) is 0 Å². The van der Waals surface area contributed by atoms with Gasteiger partial charge >= 0.3 is 0 Å². The van der Waals surface area contributed by atoms with Gasteiger partial charge in [-0.25, -0.2) is 4.98 Å². The number of nitrogens with one attached hydrogen (secondary N) is 1. The van der Waals surface area contributed by atoms with Crippen LogP contribution >= 0.6 is 0 Å². The lowest BCUT2D eigenvalue weighted by Crippen LogP contribution is -2.29. The fraction of sp³-hybridized carbons (Fsp3) is 0.208. The zero-order valence-electron chi connectivity index (χ0n) is 19.4. The lowest BCUT2D eigenvalue weighted by Gasteiger charge is -2.09. The fourth-order valence-electron chi connectivity index (χ4n) is 3.80. The number of fused-ring (bicyclic) bond motifs is 2. The monoisotopic (exact) mass is 473 g/mol. The van der Waals surface area contributed by atoms with Gasteiger partial charge in [-0.1, -0.05) is 6.07 Å². The summed E-state index contributed by atoms with van der Waals surface area (Å²) in [6, 6.07) is 14.5. The van der Waals surface area contributed by atoms with Crippen LogP contribution in [0.5, 0.6) is 17.4 Å². The number of amides is 1. The topological polar surface area (TPSA) is 117 Å². The molecule has 0 spiro atoms. The van der Waals surface area contributed by atoms with Crippen LogP contribution in [0, 0.1) is 6.92 Å². The van der Waals surface area contributed by atoms with E-state index in [0.29, 0.717) is 46.8 Å². The first kappa shape index (κ1) is 22.1. The molecule has 0 saturated carbocycles. The minimum Gasteiger partial charge on any atom is -0.493 e. The molecule has 11 nitrogen and oxygen atoms in total. The number of carbonyl (C=O) groups excluding carboxylic acids is 1. The van der Waals surface area contributed by atoms with Crippen LogP contribution < -0.4 is 19.5 Å². The van der Waals surface area contributed by atoms with Gasteiger partial charge in [-0.15, -0.1) is 15.3 Å². The summed E-state index contributed by atoms with van der Waals surface area (Å²) in [5.41, 5.74) is 3.22. The van der Waals surface area contributed by atoms with E-state index < -0.39 is 0 Å². The van der Waals surface area contributed by atoms with Crippen LogP contribution in [0.25, 0.3) is 22.7 Å². The van der Waals surface area contributed by atoms with Gasteiger partial charge in [0.2, 0.25) is 5.88 Å². The Morgan fingerprint density at radius 3 is 2.69 bits per heavy atom. The molecule has 35 heavy (non-hydrogen) atoms. The predicted molar refractivity (Wildman–Crippen MR) is 127 cm³/mol. The van der Waals surface area contributed by atoms with E-state index in [0.717, 1.165) is 11.2 Å². The van der Waals surface area contributed by atoms with E-state index in [-0.39, 0.29) is 12.5 Å². The van der Waals surface area contributed by atoms with Gasteiger partial charge in [-0.3, -0.25) is 9.20 Å². The molecule has 11 heteroatoms. The first-order valence-corrected chi connectivity index (χ1v) is 10.9. The van der Waals surface area contributed by atoms with Crippen LogP contribution in [0.15, 0.2) is 54.7 Å². The molecule has 0 aliphatic rings. The van der Waals surface area contributed by atoms with Crippen LogP contribution in [-0.4, -0.2) is 62.5 Å². The summed E-state index contributed by atoms with van der Waals surface area (Å²) < 4.78 is 19.8. The van der Waals surface area contributed by atoms with Gasteiger partial charge in [-0.05, 0) is 43.3 Å². The molecule has 0 atom stereocenters. The fourth-order valence-corrected chi connectivity index (χ4v) is 3.80. The Morgan fingerprint density at radius 1 is 1.00 bits per heavy atom. The molecule has 178 valence electrons. The number of imidazole rings is 1. The quantitative estimate of drug-likeness (QED) is 0.342. The van der Waals surface area contributed by atoms with Crippen molar-refractivity contribution in [1.29, 1.82) is 0 Å². The number of nitrogens with zero attached hydrogens (tertiary/aromatic N) is 6. The average Bonchev–Trinajstić information content (AvgIpc) is 3.45.